The van der Waals surface area contributed by atoms with E-state index in [0.717, 1.165) is 4.88 Å². The summed E-state index contributed by atoms with van der Waals surface area (Å²) in [5, 5.41) is 4.88. The lowest BCUT2D eigenvalue weighted by Gasteiger charge is -2.34. The minimum absolute atomic E-state index is 0.0139. The van der Waals surface area contributed by atoms with Crippen LogP contribution in [0.5, 0.6) is 0 Å². The second-order valence-corrected chi connectivity index (χ2v) is 7.32. The van der Waals surface area contributed by atoms with Gasteiger partial charge in [0.1, 0.15) is 6.04 Å². The standard InChI is InChI=1S/C15H22N2O2S/c1-10(11-6-5-9-20-11)17-8-7-12(18)16-13(14(17)19)15(2,3)4/h5-6,9-10,13H,7-8H2,1-4H3,(H,16,18). The number of carbonyl (C=O) groups excluding carboxylic acids is 2. The van der Waals surface area contributed by atoms with Crippen molar-refractivity contribution in [2.75, 3.05) is 6.54 Å². The largest absolute Gasteiger partial charge is 0.344 e. The van der Waals surface area contributed by atoms with E-state index in [4.69, 9.17) is 0 Å². The summed E-state index contributed by atoms with van der Waals surface area (Å²) in [6.07, 6.45) is 0.369. The predicted molar refractivity (Wildman–Crippen MR) is 80.4 cm³/mol. The lowest BCUT2D eigenvalue weighted by Crippen LogP contribution is -2.52. The van der Waals surface area contributed by atoms with Crippen LogP contribution in [0, 0.1) is 5.41 Å². The van der Waals surface area contributed by atoms with E-state index in [-0.39, 0.29) is 23.3 Å². The maximum Gasteiger partial charge on any atom is 0.246 e. The third-order valence-corrected chi connectivity index (χ3v) is 4.75. The molecule has 5 heteroatoms. The first-order valence-corrected chi connectivity index (χ1v) is 7.82. The summed E-state index contributed by atoms with van der Waals surface area (Å²) in [5.74, 6) is -0.0246. The Balaban J connectivity index is 2.28. The van der Waals surface area contributed by atoms with Crippen LogP contribution in [0.2, 0.25) is 0 Å². The molecule has 1 N–H and O–H groups in total. The quantitative estimate of drug-likeness (QED) is 0.911. The van der Waals surface area contributed by atoms with E-state index in [0.29, 0.717) is 13.0 Å². The van der Waals surface area contributed by atoms with Gasteiger partial charge in [-0.05, 0) is 23.8 Å². The van der Waals surface area contributed by atoms with E-state index in [1.54, 1.807) is 11.3 Å². The zero-order chi connectivity index (χ0) is 14.9. The third kappa shape index (κ3) is 3.03. The number of nitrogens with zero attached hydrogens (tertiary/aromatic N) is 1. The predicted octanol–water partition coefficient (Wildman–Crippen LogP) is 2.57. The Labute approximate surface area is 124 Å². The van der Waals surface area contributed by atoms with Gasteiger partial charge in [-0.1, -0.05) is 26.8 Å². The maximum atomic E-state index is 12.8. The summed E-state index contributed by atoms with van der Waals surface area (Å²) in [4.78, 5) is 27.6. The summed E-state index contributed by atoms with van der Waals surface area (Å²) in [5.41, 5.74) is -0.287. The first-order chi connectivity index (χ1) is 9.30. The monoisotopic (exact) mass is 294 g/mol. The van der Waals surface area contributed by atoms with Gasteiger partial charge in [0.05, 0.1) is 6.04 Å². The summed E-state index contributed by atoms with van der Waals surface area (Å²) in [6, 6.07) is 3.58. The molecule has 1 aromatic rings. The molecular formula is C15H22N2O2S. The summed E-state index contributed by atoms with van der Waals surface area (Å²) >= 11 is 1.64. The lowest BCUT2D eigenvalue weighted by molar-refractivity contribution is -0.138. The first kappa shape index (κ1) is 15.0. The molecule has 2 amide bonds. The van der Waals surface area contributed by atoms with E-state index in [1.165, 1.54) is 0 Å². The molecule has 20 heavy (non-hydrogen) atoms. The Morgan fingerprint density at radius 2 is 2.10 bits per heavy atom. The summed E-state index contributed by atoms with van der Waals surface area (Å²) < 4.78 is 0. The fourth-order valence-electron chi connectivity index (χ4n) is 2.45. The van der Waals surface area contributed by atoms with Crippen LogP contribution < -0.4 is 5.32 Å². The topological polar surface area (TPSA) is 49.4 Å². The van der Waals surface area contributed by atoms with Gasteiger partial charge >= 0.3 is 0 Å². The maximum absolute atomic E-state index is 12.8. The second kappa shape index (κ2) is 5.56. The van der Waals surface area contributed by atoms with Crippen LogP contribution in [-0.4, -0.2) is 29.3 Å². The number of carbonyl (C=O) groups is 2. The molecule has 0 aliphatic carbocycles. The first-order valence-electron chi connectivity index (χ1n) is 6.94. The van der Waals surface area contributed by atoms with E-state index in [2.05, 4.69) is 5.32 Å². The van der Waals surface area contributed by atoms with Gasteiger partial charge in [-0.2, -0.15) is 0 Å². The van der Waals surface area contributed by atoms with Crippen molar-refractivity contribution in [3.8, 4) is 0 Å². The number of rotatable bonds is 2. The van der Waals surface area contributed by atoms with Crippen molar-refractivity contribution in [1.29, 1.82) is 0 Å². The van der Waals surface area contributed by atoms with Crippen molar-refractivity contribution >= 4 is 23.2 Å². The molecule has 2 atom stereocenters. The Kier molecular flexibility index (Phi) is 4.18. The average molecular weight is 294 g/mol. The molecule has 2 unspecified atom stereocenters. The molecule has 110 valence electrons. The van der Waals surface area contributed by atoms with Crippen LogP contribution in [0.4, 0.5) is 0 Å². The molecule has 2 heterocycles. The van der Waals surface area contributed by atoms with Crippen LogP contribution in [0.1, 0.15) is 45.0 Å². The Hall–Kier alpha value is -1.36. The fraction of sp³-hybridized carbons (Fsp3) is 0.600. The van der Waals surface area contributed by atoms with Crippen molar-refractivity contribution in [1.82, 2.24) is 10.2 Å². The number of hydrogen-bond donors (Lipinski definition) is 1. The lowest BCUT2D eigenvalue weighted by atomic mass is 9.85. The van der Waals surface area contributed by atoms with Crippen LogP contribution >= 0.6 is 11.3 Å². The molecule has 0 spiro atoms. The van der Waals surface area contributed by atoms with E-state index in [9.17, 15) is 9.59 Å². The normalized spacial score (nSPS) is 22.4. The number of thiophene rings is 1. The van der Waals surface area contributed by atoms with Gasteiger partial charge in [-0.3, -0.25) is 9.59 Å². The highest BCUT2D eigenvalue weighted by molar-refractivity contribution is 7.10. The van der Waals surface area contributed by atoms with Crippen molar-refractivity contribution in [3.05, 3.63) is 22.4 Å². The van der Waals surface area contributed by atoms with Gasteiger partial charge in [0.15, 0.2) is 0 Å². The van der Waals surface area contributed by atoms with Gasteiger partial charge in [-0.25, -0.2) is 0 Å². The highest BCUT2D eigenvalue weighted by Gasteiger charge is 2.39. The molecule has 4 nitrogen and oxygen atoms in total. The van der Waals surface area contributed by atoms with Crippen molar-refractivity contribution in [3.63, 3.8) is 0 Å². The number of hydrogen-bond acceptors (Lipinski definition) is 3. The molecule has 0 radical (unpaired) electrons. The van der Waals surface area contributed by atoms with Crippen LogP contribution in [-0.2, 0) is 9.59 Å². The number of amides is 2. The average Bonchev–Trinajstić information content (AvgIpc) is 2.83. The molecule has 1 saturated heterocycles. The molecule has 1 aliphatic rings. The molecule has 1 aliphatic heterocycles. The van der Waals surface area contributed by atoms with E-state index >= 15 is 0 Å². The summed E-state index contributed by atoms with van der Waals surface area (Å²) in [6.45, 7) is 8.45. The summed E-state index contributed by atoms with van der Waals surface area (Å²) in [7, 11) is 0. The third-order valence-electron chi connectivity index (χ3n) is 3.70. The molecule has 0 bridgehead atoms. The van der Waals surface area contributed by atoms with Crippen molar-refractivity contribution in [2.45, 2.75) is 46.2 Å². The zero-order valence-electron chi connectivity index (χ0n) is 12.5. The van der Waals surface area contributed by atoms with Crippen LogP contribution in [0.3, 0.4) is 0 Å². The van der Waals surface area contributed by atoms with Gasteiger partial charge in [0.25, 0.3) is 0 Å². The number of nitrogens with one attached hydrogen (secondary N) is 1. The molecular weight excluding hydrogens is 272 g/mol. The molecule has 0 aromatic carbocycles. The molecule has 1 aromatic heterocycles. The highest BCUT2D eigenvalue weighted by Crippen LogP contribution is 2.30. The highest BCUT2D eigenvalue weighted by atomic mass is 32.1. The SMILES string of the molecule is CC(c1cccs1)N1CCC(=O)NC(C(C)(C)C)C1=O. The van der Waals surface area contributed by atoms with Gasteiger partial charge in [0.2, 0.25) is 11.8 Å². The van der Waals surface area contributed by atoms with Gasteiger partial charge < -0.3 is 10.2 Å². The smallest absolute Gasteiger partial charge is 0.246 e. The Morgan fingerprint density at radius 3 is 2.65 bits per heavy atom. The molecule has 2 rings (SSSR count). The minimum atomic E-state index is -0.458. The van der Waals surface area contributed by atoms with Crippen molar-refractivity contribution < 1.29 is 9.59 Å². The molecule has 0 saturated carbocycles. The van der Waals surface area contributed by atoms with Gasteiger partial charge in [0, 0.05) is 17.8 Å². The van der Waals surface area contributed by atoms with Crippen LogP contribution in [0.25, 0.3) is 0 Å². The Bertz CT molecular complexity index is 490. The van der Waals surface area contributed by atoms with Crippen LogP contribution in [0.15, 0.2) is 17.5 Å². The molecule has 1 fully saturated rings. The second-order valence-electron chi connectivity index (χ2n) is 6.34. The van der Waals surface area contributed by atoms with Crippen molar-refractivity contribution in [2.24, 2.45) is 5.41 Å². The minimum Gasteiger partial charge on any atom is -0.344 e. The van der Waals surface area contributed by atoms with E-state index < -0.39 is 6.04 Å². The fourth-order valence-corrected chi connectivity index (χ4v) is 3.24. The zero-order valence-corrected chi connectivity index (χ0v) is 13.3. The Morgan fingerprint density at radius 1 is 1.40 bits per heavy atom. The van der Waals surface area contributed by atoms with Gasteiger partial charge in [-0.15, -0.1) is 11.3 Å². The van der Waals surface area contributed by atoms with E-state index in [1.807, 2.05) is 50.1 Å².